The first-order valence-corrected chi connectivity index (χ1v) is 13.2. The molecule has 0 bridgehead atoms. The molecular weight excluding hydrogens is 531 g/mol. The van der Waals surface area contributed by atoms with Crippen LogP contribution in [0.1, 0.15) is 52.8 Å². The van der Waals surface area contributed by atoms with Gasteiger partial charge in [0.25, 0.3) is 5.56 Å². The zero-order valence-electron chi connectivity index (χ0n) is 22.5. The lowest BCUT2D eigenvalue weighted by Gasteiger charge is -2.23. The highest BCUT2D eigenvalue weighted by atomic mass is 31.2. The molecule has 15 nitrogen and oxygen atoms in total. The van der Waals surface area contributed by atoms with Crippen molar-refractivity contribution in [2.75, 3.05) is 33.0 Å². The van der Waals surface area contributed by atoms with E-state index >= 15 is 0 Å². The highest BCUT2D eigenvalue weighted by Gasteiger charge is 2.37. The summed E-state index contributed by atoms with van der Waals surface area (Å²) in [6.45, 7) is 10.2. The van der Waals surface area contributed by atoms with Crippen LogP contribution in [-0.2, 0) is 23.4 Å². The number of aromatic nitrogens is 2. The smallest absolute Gasteiger partial charge is 0.465 e. The van der Waals surface area contributed by atoms with Crippen LogP contribution in [0.4, 0.5) is 0 Å². The second kappa shape index (κ2) is 15.6. The largest absolute Gasteiger partial charge is 0.469 e. The quantitative estimate of drug-likeness (QED) is 0.149. The summed E-state index contributed by atoms with van der Waals surface area (Å²) in [5, 5.41) is 33.9. The standard InChI is InChI=1S/C10H15N2O8P.C10H20O3.C2H6O2/c1-5-3-12(10(15)11-9(5)14)8-2-6(13)7(20-8)4-19-21(16,17)18;1-9(2,3)7-13-8(12)10(4,5)6-11;3-1-2-4/h3,6-8,13H,2,4H2,1H3,(H,11,14,15)(H2,16,17,18);11H,6-7H2,1-5H3;3-4H,1-2H2/t6-,7+,8+;;/m0../s1. The average molecular weight is 573 g/mol. The fourth-order valence-corrected chi connectivity index (χ4v) is 2.89. The van der Waals surface area contributed by atoms with Crippen molar-refractivity contribution in [3.8, 4) is 0 Å². The summed E-state index contributed by atoms with van der Waals surface area (Å²) in [6.07, 6.45) is -1.57. The molecule has 0 unspecified atom stereocenters. The number of carbonyl (C=O) groups excluding carboxylic acids is 1. The number of esters is 1. The number of aryl methyl sites for hydroxylation is 1. The lowest BCUT2D eigenvalue weighted by Crippen LogP contribution is -2.33. The van der Waals surface area contributed by atoms with Crippen LogP contribution in [0, 0.1) is 17.8 Å². The van der Waals surface area contributed by atoms with E-state index in [9.17, 15) is 24.1 Å². The Morgan fingerprint density at radius 3 is 2.16 bits per heavy atom. The minimum atomic E-state index is -4.67. The van der Waals surface area contributed by atoms with Gasteiger partial charge in [0, 0.05) is 18.2 Å². The van der Waals surface area contributed by atoms with Gasteiger partial charge in [0.2, 0.25) is 0 Å². The molecule has 2 rings (SSSR count). The Morgan fingerprint density at radius 1 is 1.16 bits per heavy atom. The number of H-pyrrole nitrogens is 1. The molecule has 1 aromatic heterocycles. The van der Waals surface area contributed by atoms with E-state index < -0.39 is 49.5 Å². The van der Waals surface area contributed by atoms with Crippen LogP contribution in [0.15, 0.2) is 15.8 Å². The highest BCUT2D eigenvalue weighted by Crippen LogP contribution is 2.38. The highest BCUT2D eigenvalue weighted by molar-refractivity contribution is 7.46. The molecule has 0 aliphatic carbocycles. The van der Waals surface area contributed by atoms with E-state index in [1.807, 2.05) is 20.8 Å². The number of carbonyl (C=O) groups is 1. The molecule has 0 radical (unpaired) electrons. The predicted octanol–water partition coefficient (Wildman–Crippen LogP) is -0.832. The van der Waals surface area contributed by atoms with Gasteiger partial charge in [-0.15, -0.1) is 0 Å². The van der Waals surface area contributed by atoms with Crippen LogP contribution in [0.2, 0.25) is 0 Å². The third-order valence-electron chi connectivity index (χ3n) is 4.75. The number of hydrogen-bond donors (Lipinski definition) is 7. The lowest BCUT2D eigenvalue weighted by atomic mass is 9.94. The minimum Gasteiger partial charge on any atom is -0.465 e. The van der Waals surface area contributed by atoms with E-state index in [1.165, 1.54) is 13.1 Å². The lowest BCUT2D eigenvalue weighted by molar-refractivity contribution is -0.158. The van der Waals surface area contributed by atoms with E-state index in [4.69, 9.17) is 34.6 Å². The van der Waals surface area contributed by atoms with Gasteiger partial charge < -0.3 is 39.7 Å². The van der Waals surface area contributed by atoms with Crippen LogP contribution in [0.25, 0.3) is 0 Å². The summed E-state index contributed by atoms with van der Waals surface area (Å²) in [5.74, 6) is -0.343. The molecule has 0 spiro atoms. The summed E-state index contributed by atoms with van der Waals surface area (Å²) in [4.78, 5) is 53.7. The number of ether oxygens (including phenoxy) is 2. The topological polar surface area (TPSA) is 238 Å². The van der Waals surface area contributed by atoms with Gasteiger partial charge in [-0.3, -0.25) is 23.7 Å². The summed E-state index contributed by atoms with van der Waals surface area (Å²) in [5.41, 5.74) is -1.73. The molecule has 0 amide bonds. The van der Waals surface area contributed by atoms with Gasteiger partial charge in [-0.1, -0.05) is 20.8 Å². The molecule has 1 fully saturated rings. The fraction of sp³-hybridized carbons (Fsp3) is 0.773. The Kier molecular flexibility index (Phi) is 14.8. The van der Waals surface area contributed by atoms with Crippen LogP contribution < -0.4 is 11.2 Å². The van der Waals surface area contributed by atoms with Gasteiger partial charge >= 0.3 is 19.5 Å². The van der Waals surface area contributed by atoms with Gasteiger partial charge in [0.1, 0.15) is 12.3 Å². The molecule has 1 aliphatic rings. The average Bonchev–Trinajstić information content (AvgIpc) is 3.18. The molecule has 1 saturated heterocycles. The molecule has 0 aromatic carbocycles. The van der Waals surface area contributed by atoms with Gasteiger partial charge in [0.05, 0.1) is 44.6 Å². The molecule has 2 heterocycles. The number of nitrogens with zero attached hydrogens (tertiary/aromatic N) is 1. The van der Waals surface area contributed by atoms with E-state index in [1.54, 1.807) is 13.8 Å². The second-order valence-electron chi connectivity index (χ2n) is 10.3. The Labute approximate surface area is 220 Å². The van der Waals surface area contributed by atoms with Crippen molar-refractivity contribution in [2.45, 2.75) is 66.4 Å². The third kappa shape index (κ3) is 13.7. The fourth-order valence-electron chi connectivity index (χ4n) is 2.55. The number of hydrogen-bond acceptors (Lipinski definition) is 11. The van der Waals surface area contributed by atoms with Crippen molar-refractivity contribution in [3.05, 3.63) is 32.6 Å². The number of phosphoric acid groups is 1. The van der Waals surface area contributed by atoms with Gasteiger partial charge in [0.15, 0.2) is 0 Å². The maximum Gasteiger partial charge on any atom is 0.469 e. The van der Waals surface area contributed by atoms with Crippen molar-refractivity contribution in [2.24, 2.45) is 10.8 Å². The summed E-state index contributed by atoms with van der Waals surface area (Å²) >= 11 is 0. The monoisotopic (exact) mass is 572 g/mol. The Bertz CT molecular complexity index is 1020. The normalized spacial score (nSPS) is 19.6. The van der Waals surface area contributed by atoms with Crippen LogP contribution in [0.5, 0.6) is 0 Å². The maximum atomic E-state index is 11.7. The van der Waals surface area contributed by atoms with E-state index in [2.05, 4.69) is 9.51 Å². The van der Waals surface area contributed by atoms with Crippen LogP contribution in [-0.4, -0.2) is 91.0 Å². The van der Waals surface area contributed by atoms with Gasteiger partial charge in [-0.2, -0.15) is 0 Å². The summed E-state index contributed by atoms with van der Waals surface area (Å²) in [6, 6.07) is 0. The van der Waals surface area contributed by atoms with Crippen molar-refractivity contribution >= 4 is 13.8 Å². The Hall–Kier alpha value is -1.94. The van der Waals surface area contributed by atoms with Crippen molar-refractivity contribution in [1.82, 2.24) is 9.55 Å². The molecule has 16 heteroatoms. The molecule has 1 aromatic rings. The van der Waals surface area contributed by atoms with Crippen molar-refractivity contribution < 1.29 is 53.6 Å². The van der Waals surface area contributed by atoms with Crippen LogP contribution in [0.3, 0.4) is 0 Å². The third-order valence-corrected chi connectivity index (χ3v) is 5.24. The number of aliphatic hydroxyl groups excluding tert-OH is 4. The summed E-state index contributed by atoms with van der Waals surface area (Å²) < 4.78 is 26.4. The molecule has 222 valence electrons. The first-order chi connectivity index (χ1) is 17.3. The number of aromatic amines is 1. The Morgan fingerprint density at radius 2 is 1.71 bits per heavy atom. The van der Waals surface area contributed by atoms with E-state index in [0.29, 0.717) is 12.2 Å². The van der Waals surface area contributed by atoms with Gasteiger partial charge in [-0.25, -0.2) is 9.36 Å². The first kappa shape index (κ1) is 36.1. The minimum absolute atomic E-state index is 0.0266. The molecule has 1 aliphatic heterocycles. The Balaban J connectivity index is 0.000000689. The van der Waals surface area contributed by atoms with E-state index in [0.717, 1.165) is 4.57 Å². The number of rotatable bonds is 8. The van der Waals surface area contributed by atoms with Crippen molar-refractivity contribution in [3.63, 3.8) is 0 Å². The number of phosphoric ester groups is 1. The zero-order valence-corrected chi connectivity index (χ0v) is 23.4. The second-order valence-corrected chi connectivity index (χ2v) is 11.6. The van der Waals surface area contributed by atoms with E-state index in [-0.39, 0.29) is 37.6 Å². The van der Waals surface area contributed by atoms with Gasteiger partial charge in [-0.05, 0) is 26.2 Å². The SMILES string of the molecule is CC(C)(C)COC(=O)C(C)(C)CO.Cc1cn([C@H]2C[C@H](O)[C@@H](COP(=O)(O)O)O2)c(=O)[nH]c1=O.OCCO. The molecular formula is C22H41N2O13P. The maximum absolute atomic E-state index is 11.7. The molecule has 0 saturated carbocycles. The predicted molar refractivity (Wildman–Crippen MR) is 134 cm³/mol. The number of aliphatic hydroxyl groups is 4. The van der Waals surface area contributed by atoms with Crippen molar-refractivity contribution in [1.29, 1.82) is 0 Å². The molecule has 38 heavy (non-hydrogen) atoms. The first-order valence-electron chi connectivity index (χ1n) is 11.6. The number of nitrogens with one attached hydrogen (secondary N) is 1. The molecule has 7 N–H and O–H groups in total. The summed E-state index contributed by atoms with van der Waals surface area (Å²) in [7, 11) is -4.67. The zero-order chi connectivity index (χ0) is 29.9. The van der Waals surface area contributed by atoms with Crippen LogP contribution >= 0.6 is 7.82 Å². The molecule has 3 atom stereocenters.